The van der Waals surface area contributed by atoms with Crippen molar-refractivity contribution in [3.63, 3.8) is 0 Å². The number of nitrogens with zero attached hydrogens (tertiary/aromatic N) is 5. The van der Waals surface area contributed by atoms with Gasteiger partial charge in [0.25, 0.3) is 0 Å². The Balaban J connectivity index is 1.43. The molecule has 1 aromatic carbocycles. The molecule has 0 radical (unpaired) electrons. The first kappa shape index (κ1) is 21.3. The molecular weight excluding hydrogens is 398 g/mol. The third kappa shape index (κ3) is 6.04. The van der Waals surface area contributed by atoms with E-state index in [-0.39, 0.29) is 30.9 Å². The average Bonchev–Trinajstić information content (AvgIpc) is 3.49. The number of rotatable bonds is 9. The van der Waals surface area contributed by atoms with Gasteiger partial charge in [0.1, 0.15) is 18.4 Å². The van der Waals surface area contributed by atoms with Gasteiger partial charge in [0.05, 0.1) is 26.3 Å². The van der Waals surface area contributed by atoms with E-state index in [1.54, 1.807) is 27.9 Å². The highest BCUT2D eigenvalue weighted by molar-refractivity contribution is 5.85. The first-order chi connectivity index (χ1) is 15.1. The molecule has 31 heavy (non-hydrogen) atoms. The lowest BCUT2D eigenvalue weighted by molar-refractivity contribution is -0.139. The van der Waals surface area contributed by atoms with Gasteiger partial charge in [-0.25, -0.2) is 4.98 Å². The largest absolute Gasteiger partial charge is 0.497 e. The van der Waals surface area contributed by atoms with Crippen LogP contribution >= 0.6 is 0 Å². The molecule has 1 aromatic heterocycles. The average molecular weight is 428 g/mol. The van der Waals surface area contributed by atoms with Crippen LogP contribution in [0.4, 0.5) is 0 Å². The van der Waals surface area contributed by atoms with Crippen molar-refractivity contribution >= 4 is 11.8 Å². The van der Waals surface area contributed by atoms with Crippen LogP contribution in [0.15, 0.2) is 36.9 Å². The van der Waals surface area contributed by atoms with E-state index in [1.807, 2.05) is 24.3 Å². The third-order valence-corrected chi connectivity index (χ3v) is 5.67. The number of aromatic nitrogens is 3. The van der Waals surface area contributed by atoms with Crippen molar-refractivity contribution < 1.29 is 19.1 Å². The Labute approximate surface area is 181 Å². The quantitative estimate of drug-likeness (QED) is 0.600. The van der Waals surface area contributed by atoms with E-state index < -0.39 is 0 Å². The van der Waals surface area contributed by atoms with Crippen molar-refractivity contribution in [3.05, 3.63) is 42.5 Å². The molecule has 0 unspecified atom stereocenters. The molecule has 1 aliphatic carbocycles. The van der Waals surface area contributed by atoms with Crippen LogP contribution in [-0.4, -0.2) is 75.8 Å². The summed E-state index contributed by atoms with van der Waals surface area (Å²) in [6.07, 6.45) is 5.48. The monoisotopic (exact) mass is 427 g/mol. The SMILES string of the molecule is COc1cccc(CN2C[C@@H](OCC3CC3)CN(C(=O)CCn3cncn3)CC2=O)c1. The summed E-state index contributed by atoms with van der Waals surface area (Å²) in [6, 6.07) is 7.70. The highest BCUT2D eigenvalue weighted by atomic mass is 16.5. The fourth-order valence-electron chi connectivity index (χ4n) is 3.69. The van der Waals surface area contributed by atoms with Crippen LogP contribution in [0.5, 0.6) is 5.75 Å². The van der Waals surface area contributed by atoms with Gasteiger partial charge in [0.15, 0.2) is 0 Å². The van der Waals surface area contributed by atoms with Crippen molar-refractivity contribution in [1.82, 2.24) is 24.6 Å². The fourth-order valence-corrected chi connectivity index (χ4v) is 3.69. The third-order valence-electron chi connectivity index (χ3n) is 5.67. The normalized spacial score (nSPS) is 19.4. The number of methoxy groups -OCH3 is 1. The molecule has 1 aliphatic heterocycles. The summed E-state index contributed by atoms with van der Waals surface area (Å²) in [5, 5.41) is 4.04. The summed E-state index contributed by atoms with van der Waals surface area (Å²) in [5.41, 5.74) is 0.986. The van der Waals surface area contributed by atoms with Crippen molar-refractivity contribution in [2.45, 2.75) is 38.5 Å². The van der Waals surface area contributed by atoms with Gasteiger partial charge in [-0.15, -0.1) is 0 Å². The minimum atomic E-state index is -0.201. The summed E-state index contributed by atoms with van der Waals surface area (Å²) in [4.78, 5) is 33.2. The van der Waals surface area contributed by atoms with Gasteiger partial charge in [-0.1, -0.05) is 12.1 Å². The Bertz CT molecular complexity index is 884. The zero-order valence-electron chi connectivity index (χ0n) is 17.9. The zero-order chi connectivity index (χ0) is 21.6. The Morgan fingerprint density at radius 3 is 2.87 bits per heavy atom. The van der Waals surface area contributed by atoms with Crippen LogP contribution in [0, 0.1) is 5.92 Å². The van der Waals surface area contributed by atoms with Crippen LogP contribution in [-0.2, 0) is 27.4 Å². The molecule has 1 saturated heterocycles. The number of amides is 2. The van der Waals surface area contributed by atoms with E-state index in [0.29, 0.717) is 38.7 Å². The Morgan fingerprint density at radius 2 is 2.13 bits per heavy atom. The van der Waals surface area contributed by atoms with E-state index in [9.17, 15) is 9.59 Å². The van der Waals surface area contributed by atoms with Gasteiger partial charge in [-0.2, -0.15) is 5.10 Å². The number of hydrogen-bond donors (Lipinski definition) is 0. The highest BCUT2D eigenvalue weighted by Gasteiger charge is 2.32. The minimum absolute atomic E-state index is 0.0590. The van der Waals surface area contributed by atoms with Gasteiger partial charge in [0.2, 0.25) is 11.8 Å². The molecule has 1 saturated carbocycles. The smallest absolute Gasteiger partial charge is 0.242 e. The molecular formula is C22H29N5O4. The molecule has 2 heterocycles. The first-order valence-corrected chi connectivity index (χ1v) is 10.7. The summed E-state index contributed by atoms with van der Waals surface area (Å²) < 4.78 is 13.1. The maximum Gasteiger partial charge on any atom is 0.242 e. The zero-order valence-corrected chi connectivity index (χ0v) is 17.9. The van der Waals surface area contributed by atoms with Gasteiger partial charge < -0.3 is 19.3 Å². The van der Waals surface area contributed by atoms with Crippen molar-refractivity contribution in [3.8, 4) is 5.75 Å². The van der Waals surface area contributed by atoms with E-state index in [2.05, 4.69) is 10.1 Å². The van der Waals surface area contributed by atoms with Gasteiger partial charge in [0, 0.05) is 32.7 Å². The molecule has 166 valence electrons. The number of carbonyl (C=O) groups is 2. The van der Waals surface area contributed by atoms with Crippen LogP contribution < -0.4 is 4.74 Å². The molecule has 2 aromatic rings. The maximum absolute atomic E-state index is 13.0. The molecule has 0 N–H and O–H groups in total. The molecule has 2 fully saturated rings. The fraction of sp³-hybridized carbons (Fsp3) is 0.545. The second-order valence-corrected chi connectivity index (χ2v) is 8.21. The highest BCUT2D eigenvalue weighted by Crippen LogP contribution is 2.29. The standard InChI is InChI=1S/C22H29N5O4/c1-30-19-4-2-3-18(9-19)10-25-11-20(31-14-17-5-6-17)12-26(13-22(25)29)21(28)7-8-27-16-23-15-24-27/h2-4,9,15-17,20H,5-8,10-14H2,1H3/t20-/m1/s1. The van der Waals surface area contributed by atoms with E-state index in [1.165, 1.54) is 19.2 Å². The molecule has 9 nitrogen and oxygen atoms in total. The lowest BCUT2D eigenvalue weighted by Gasteiger charge is -2.25. The summed E-state index contributed by atoms with van der Waals surface area (Å²) in [6.45, 7) is 2.53. The number of carbonyl (C=O) groups excluding carboxylic acids is 2. The molecule has 4 rings (SSSR count). The van der Waals surface area contributed by atoms with Crippen molar-refractivity contribution in [2.75, 3.05) is 33.4 Å². The molecule has 2 amide bonds. The Kier molecular flexibility index (Phi) is 6.81. The van der Waals surface area contributed by atoms with Crippen LogP contribution in [0.2, 0.25) is 0 Å². The number of aryl methyl sites for hydroxylation is 1. The summed E-state index contributed by atoms with van der Waals surface area (Å²) in [5.74, 6) is 1.22. The number of hydrogen-bond acceptors (Lipinski definition) is 6. The van der Waals surface area contributed by atoms with Crippen LogP contribution in [0.1, 0.15) is 24.8 Å². The molecule has 9 heteroatoms. The molecule has 1 atom stereocenters. The molecule has 0 spiro atoms. The van der Waals surface area contributed by atoms with Gasteiger partial charge >= 0.3 is 0 Å². The van der Waals surface area contributed by atoms with Crippen molar-refractivity contribution in [2.24, 2.45) is 5.92 Å². The Hall–Kier alpha value is -2.94. The van der Waals surface area contributed by atoms with Gasteiger partial charge in [-0.3, -0.25) is 14.3 Å². The number of benzene rings is 1. The summed E-state index contributed by atoms with van der Waals surface area (Å²) in [7, 11) is 1.63. The maximum atomic E-state index is 13.0. The lowest BCUT2D eigenvalue weighted by atomic mass is 10.2. The first-order valence-electron chi connectivity index (χ1n) is 10.7. The lowest BCUT2D eigenvalue weighted by Crippen LogP contribution is -2.40. The topological polar surface area (TPSA) is 89.8 Å². The van der Waals surface area contributed by atoms with Gasteiger partial charge in [-0.05, 0) is 36.5 Å². The predicted octanol–water partition coefficient (Wildman–Crippen LogP) is 1.34. The number of ether oxygens (including phenoxy) is 2. The molecule has 0 bridgehead atoms. The summed E-state index contributed by atoms with van der Waals surface area (Å²) >= 11 is 0. The Morgan fingerprint density at radius 1 is 1.26 bits per heavy atom. The minimum Gasteiger partial charge on any atom is -0.497 e. The van der Waals surface area contributed by atoms with E-state index >= 15 is 0 Å². The van der Waals surface area contributed by atoms with Crippen LogP contribution in [0.25, 0.3) is 0 Å². The molecule has 2 aliphatic rings. The second kappa shape index (κ2) is 9.91. The van der Waals surface area contributed by atoms with E-state index in [0.717, 1.165) is 11.3 Å². The second-order valence-electron chi connectivity index (χ2n) is 8.21. The van der Waals surface area contributed by atoms with Crippen LogP contribution in [0.3, 0.4) is 0 Å². The van der Waals surface area contributed by atoms with Crippen molar-refractivity contribution in [1.29, 1.82) is 0 Å². The predicted molar refractivity (Wildman–Crippen MR) is 112 cm³/mol. The van der Waals surface area contributed by atoms with E-state index in [4.69, 9.17) is 9.47 Å².